The first-order chi connectivity index (χ1) is 6.50. The van der Waals surface area contributed by atoms with E-state index in [0.717, 1.165) is 31.9 Å². The molecule has 0 amide bonds. The van der Waals surface area contributed by atoms with E-state index in [1.54, 1.807) is 7.41 Å². The summed E-state index contributed by atoms with van der Waals surface area (Å²) in [5.41, 5.74) is 6.29. The molecule has 2 rings (SSSR count). The molecule has 0 aromatic rings. The molecule has 2 heterocycles. The Labute approximate surface area is 86.3 Å². The summed E-state index contributed by atoms with van der Waals surface area (Å²) >= 11 is 0. The molecular formula is C10H18BN2O. The smallest absolute Gasteiger partial charge is 0.294 e. The van der Waals surface area contributed by atoms with Gasteiger partial charge < -0.3 is 15.3 Å². The molecule has 0 aromatic carbocycles. The Kier molecular flexibility index (Phi) is 2.23. The number of carbonyl (C=O) groups excluding carboxylic acids is 1. The van der Waals surface area contributed by atoms with Crippen molar-refractivity contribution in [3.8, 4) is 0 Å². The minimum Gasteiger partial charge on any atom is -0.330 e. The van der Waals surface area contributed by atoms with Gasteiger partial charge in [-0.1, -0.05) is 0 Å². The van der Waals surface area contributed by atoms with E-state index in [-0.39, 0.29) is 11.1 Å². The maximum Gasteiger partial charge on any atom is 0.294 e. The Balaban J connectivity index is 2.28. The Hall–Kier alpha value is -0.345. The van der Waals surface area contributed by atoms with Crippen LogP contribution in [0, 0.1) is 0 Å². The van der Waals surface area contributed by atoms with Gasteiger partial charge in [0, 0.05) is 17.1 Å². The molecule has 1 radical (unpaired) electrons. The zero-order valence-electron chi connectivity index (χ0n) is 8.99. The Bertz CT molecular complexity index is 241. The molecule has 2 bridgehead atoms. The number of nitrogens with two attached hydrogens (primary N) is 1. The van der Waals surface area contributed by atoms with Crippen LogP contribution < -0.4 is 5.73 Å². The Morgan fingerprint density at radius 1 is 1.36 bits per heavy atom. The molecule has 0 aromatic heterocycles. The molecule has 3 nitrogen and oxygen atoms in total. The Morgan fingerprint density at radius 3 is 2.29 bits per heavy atom. The third-order valence-corrected chi connectivity index (χ3v) is 3.98. The third-order valence-electron chi connectivity index (χ3n) is 3.98. The van der Waals surface area contributed by atoms with E-state index in [4.69, 9.17) is 5.73 Å². The molecule has 2 saturated heterocycles. The van der Waals surface area contributed by atoms with Crippen LogP contribution in [-0.2, 0) is 4.79 Å². The van der Waals surface area contributed by atoms with Crippen molar-refractivity contribution in [3.05, 3.63) is 0 Å². The maximum absolute atomic E-state index is 10.6. The van der Waals surface area contributed by atoms with Gasteiger partial charge in [-0.05, 0) is 39.5 Å². The summed E-state index contributed by atoms with van der Waals surface area (Å²) in [5.74, 6) is 0. The van der Waals surface area contributed by atoms with Crippen LogP contribution >= 0.6 is 0 Å². The number of nitrogens with zero attached hydrogens (tertiary/aromatic N) is 1. The first-order valence-corrected chi connectivity index (χ1v) is 5.34. The molecule has 14 heavy (non-hydrogen) atoms. The average Bonchev–Trinajstić information content (AvgIpc) is 2.26. The van der Waals surface area contributed by atoms with Crippen LogP contribution in [0.15, 0.2) is 0 Å². The fraction of sp³-hybridized carbons (Fsp3) is 0.900. The minimum atomic E-state index is 0.118. The minimum absolute atomic E-state index is 0.118. The van der Waals surface area contributed by atoms with Gasteiger partial charge in [-0.3, -0.25) is 0 Å². The van der Waals surface area contributed by atoms with Crippen molar-refractivity contribution in [1.82, 2.24) is 4.81 Å². The highest BCUT2D eigenvalue weighted by Crippen LogP contribution is 2.48. The summed E-state index contributed by atoms with van der Waals surface area (Å²) in [7, 11) is 1.71. The summed E-state index contributed by atoms with van der Waals surface area (Å²) in [6, 6.07) is 0.295. The summed E-state index contributed by atoms with van der Waals surface area (Å²) in [4.78, 5) is 12.9. The van der Waals surface area contributed by atoms with E-state index in [1.807, 2.05) is 0 Å². The molecule has 77 valence electrons. The van der Waals surface area contributed by atoms with Crippen molar-refractivity contribution in [2.75, 3.05) is 0 Å². The number of rotatable bonds is 2. The highest BCUT2D eigenvalue weighted by atomic mass is 16.1. The first kappa shape index (κ1) is 10.2. The normalized spacial score (nSPS) is 47.8. The van der Waals surface area contributed by atoms with E-state index >= 15 is 0 Å². The third kappa shape index (κ3) is 1.32. The SMILES string of the molecule is C[C@]12CC[C@](C)(CC(N)C1)N2[B]C=O. The fourth-order valence-corrected chi connectivity index (χ4v) is 3.45. The summed E-state index contributed by atoms with van der Waals surface area (Å²) < 4.78 is 0. The largest absolute Gasteiger partial charge is 0.330 e. The molecule has 2 fully saturated rings. The number of hydrogen-bond donors (Lipinski definition) is 1. The Morgan fingerprint density at radius 2 is 1.86 bits per heavy atom. The van der Waals surface area contributed by atoms with Crippen LogP contribution in [0.1, 0.15) is 39.5 Å². The summed E-state index contributed by atoms with van der Waals surface area (Å²) in [6.07, 6.45) is 5.22. The highest BCUT2D eigenvalue weighted by Gasteiger charge is 2.53. The van der Waals surface area contributed by atoms with Gasteiger partial charge in [0.25, 0.3) is 7.41 Å². The second-order valence-electron chi connectivity index (χ2n) is 5.32. The first-order valence-electron chi connectivity index (χ1n) is 5.34. The summed E-state index contributed by atoms with van der Waals surface area (Å²) in [5, 5.41) is 0. The quantitative estimate of drug-likeness (QED) is 0.514. The molecule has 0 saturated carbocycles. The number of fused-ring (bicyclic) bond motifs is 2. The lowest BCUT2D eigenvalue weighted by molar-refractivity contribution is 0.0869. The van der Waals surface area contributed by atoms with Gasteiger partial charge in [-0.15, -0.1) is 0 Å². The molecular weight excluding hydrogens is 175 g/mol. The number of carbonyl (C=O) groups is 1. The van der Waals surface area contributed by atoms with Gasteiger partial charge in [0.15, 0.2) is 0 Å². The molecule has 3 atom stereocenters. The van der Waals surface area contributed by atoms with Crippen molar-refractivity contribution in [2.45, 2.75) is 56.7 Å². The van der Waals surface area contributed by atoms with E-state index in [1.165, 1.54) is 0 Å². The second kappa shape index (κ2) is 3.07. The van der Waals surface area contributed by atoms with E-state index in [2.05, 4.69) is 18.7 Å². The standard InChI is InChI=1S/C10H18BN2O/c1-9-3-4-10(2,6-8(12)5-9)13(9)11-7-14/h7-8H,3-6,12H2,1-2H3/t8?,9-,10+. The van der Waals surface area contributed by atoms with Crippen molar-refractivity contribution < 1.29 is 4.79 Å². The van der Waals surface area contributed by atoms with Gasteiger partial charge in [-0.25, -0.2) is 0 Å². The average molecular weight is 193 g/mol. The van der Waals surface area contributed by atoms with Crippen LogP contribution in [0.3, 0.4) is 0 Å². The van der Waals surface area contributed by atoms with Crippen molar-refractivity contribution in [1.29, 1.82) is 0 Å². The monoisotopic (exact) mass is 193 g/mol. The lowest BCUT2D eigenvalue weighted by atomic mass is 9.74. The lowest BCUT2D eigenvalue weighted by Gasteiger charge is -2.50. The van der Waals surface area contributed by atoms with Crippen molar-refractivity contribution in [2.24, 2.45) is 5.73 Å². The summed E-state index contributed by atoms with van der Waals surface area (Å²) in [6.45, 7) is 4.44. The molecule has 0 aliphatic carbocycles. The molecule has 4 heteroatoms. The van der Waals surface area contributed by atoms with Crippen molar-refractivity contribution >= 4 is 13.6 Å². The second-order valence-corrected chi connectivity index (χ2v) is 5.32. The molecule has 2 aliphatic rings. The van der Waals surface area contributed by atoms with Gasteiger partial charge >= 0.3 is 0 Å². The topological polar surface area (TPSA) is 46.3 Å². The van der Waals surface area contributed by atoms with Gasteiger partial charge in [0.05, 0.1) is 6.19 Å². The van der Waals surface area contributed by atoms with E-state index < -0.39 is 0 Å². The van der Waals surface area contributed by atoms with Crippen LogP contribution in [0.5, 0.6) is 0 Å². The molecule has 2 N–H and O–H groups in total. The molecule has 1 unspecified atom stereocenters. The zero-order valence-corrected chi connectivity index (χ0v) is 8.99. The number of piperidine rings is 1. The predicted octanol–water partition coefficient (Wildman–Crippen LogP) is 0.530. The highest BCUT2D eigenvalue weighted by molar-refractivity contribution is 6.64. The molecule has 2 aliphatic heterocycles. The van der Waals surface area contributed by atoms with Crippen LogP contribution in [-0.4, -0.2) is 35.5 Å². The predicted molar refractivity (Wildman–Crippen MR) is 57.6 cm³/mol. The van der Waals surface area contributed by atoms with Crippen molar-refractivity contribution in [3.63, 3.8) is 0 Å². The molecule has 0 spiro atoms. The van der Waals surface area contributed by atoms with Gasteiger partial charge in [-0.2, -0.15) is 0 Å². The van der Waals surface area contributed by atoms with Crippen LogP contribution in [0.25, 0.3) is 0 Å². The number of hydrogen-bond acceptors (Lipinski definition) is 3. The van der Waals surface area contributed by atoms with Gasteiger partial charge in [0.1, 0.15) is 0 Å². The fourth-order valence-electron chi connectivity index (χ4n) is 3.45. The van der Waals surface area contributed by atoms with Gasteiger partial charge in [0.2, 0.25) is 0 Å². The van der Waals surface area contributed by atoms with E-state index in [9.17, 15) is 4.79 Å². The van der Waals surface area contributed by atoms with Crippen LogP contribution in [0.2, 0.25) is 0 Å². The maximum atomic E-state index is 10.6. The zero-order chi connectivity index (χ0) is 10.4. The lowest BCUT2D eigenvalue weighted by Crippen LogP contribution is -2.61. The van der Waals surface area contributed by atoms with E-state index in [0.29, 0.717) is 6.04 Å². The van der Waals surface area contributed by atoms with Crippen LogP contribution in [0.4, 0.5) is 0 Å².